The van der Waals surface area contributed by atoms with Crippen molar-refractivity contribution in [1.82, 2.24) is 0 Å². The first-order valence-corrected chi connectivity index (χ1v) is 5.28. The predicted molar refractivity (Wildman–Crippen MR) is 67.1 cm³/mol. The van der Waals surface area contributed by atoms with Crippen LogP contribution in [0.25, 0.3) is 0 Å². The number of phenols is 1. The highest BCUT2D eigenvalue weighted by Gasteiger charge is 2.09. The minimum absolute atomic E-state index is 0.0758. The van der Waals surface area contributed by atoms with E-state index < -0.39 is 0 Å². The van der Waals surface area contributed by atoms with Gasteiger partial charge in [0.25, 0.3) is 0 Å². The average Bonchev–Trinajstić information content (AvgIpc) is 2.33. The quantitative estimate of drug-likeness (QED) is 0.612. The maximum atomic E-state index is 12.1. The lowest BCUT2D eigenvalue weighted by molar-refractivity contribution is 0.103. The fourth-order valence-electron chi connectivity index (χ4n) is 1.60. The van der Waals surface area contributed by atoms with Crippen molar-refractivity contribution >= 4 is 11.5 Å². The topological polar surface area (TPSA) is 63.3 Å². The zero-order valence-corrected chi connectivity index (χ0v) is 9.47. The highest BCUT2D eigenvalue weighted by atomic mass is 16.3. The van der Waals surface area contributed by atoms with Crippen LogP contribution in [-0.4, -0.2) is 10.9 Å². The molecule has 0 bridgehead atoms. The fourth-order valence-corrected chi connectivity index (χ4v) is 1.60. The van der Waals surface area contributed by atoms with Crippen LogP contribution in [0.1, 0.15) is 21.5 Å². The Kier molecular flexibility index (Phi) is 2.83. The van der Waals surface area contributed by atoms with E-state index in [0.717, 1.165) is 5.56 Å². The summed E-state index contributed by atoms with van der Waals surface area (Å²) in [6.07, 6.45) is 0. The third-order valence-electron chi connectivity index (χ3n) is 2.66. The molecule has 17 heavy (non-hydrogen) atoms. The van der Waals surface area contributed by atoms with Gasteiger partial charge in [-0.25, -0.2) is 0 Å². The summed E-state index contributed by atoms with van der Waals surface area (Å²) in [6, 6.07) is 11.4. The molecule has 0 heterocycles. The lowest BCUT2D eigenvalue weighted by Crippen LogP contribution is -2.02. The van der Waals surface area contributed by atoms with Crippen LogP contribution >= 0.6 is 0 Å². The van der Waals surface area contributed by atoms with E-state index in [1.165, 1.54) is 12.1 Å². The Hall–Kier alpha value is -2.29. The predicted octanol–water partition coefficient (Wildman–Crippen LogP) is 2.51. The average molecular weight is 227 g/mol. The Morgan fingerprint density at radius 1 is 1.06 bits per heavy atom. The van der Waals surface area contributed by atoms with Gasteiger partial charge in [0.2, 0.25) is 0 Å². The van der Waals surface area contributed by atoms with Crippen molar-refractivity contribution in [3.63, 3.8) is 0 Å². The molecular weight excluding hydrogens is 214 g/mol. The van der Waals surface area contributed by atoms with Crippen molar-refractivity contribution < 1.29 is 9.90 Å². The first-order chi connectivity index (χ1) is 8.08. The summed E-state index contributed by atoms with van der Waals surface area (Å²) in [5.41, 5.74) is 8.41. The number of benzene rings is 2. The number of aryl methyl sites for hydroxylation is 1. The highest BCUT2D eigenvalue weighted by Crippen LogP contribution is 2.17. The first kappa shape index (κ1) is 11.2. The Bertz CT molecular complexity index is 559. The van der Waals surface area contributed by atoms with Crippen molar-refractivity contribution in [2.45, 2.75) is 6.92 Å². The Morgan fingerprint density at radius 3 is 2.24 bits per heavy atom. The molecule has 0 aliphatic heterocycles. The van der Waals surface area contributed by atoms with E-state index in [2.05, 4.69) is 0 Å². The molecule has 3 N–H and O–H groups in total. The molecular formula is C14H13NO2. The van der Waals surface area contributed by atoms with Gasteiger partial charge >= 0.3 is 0 Å². The van der Waals surface area contributed by atoms with E-state index in [9.17, 15) is 4.79 Å². The molecule has 0 aliphatic rings. The number of hydrogen-bond donors (Lipinski definition) is 2. The molecule has 0 spiro atoms. The summed E-state index contributed by atoms with van der Waals surface area (Å²) in [7, 11) is 0. The van der Waals surface area contributed by atoms with Crippen LogP contribution in [0.4, 0.5) is 5.69 Å². The van der Waals surface area contributed by atoms with Crippen LogP contribution in [0.5, 0.6) is 5.75 Å². The molecule has 0 aromatic heterocycles. The maximum Gasteiger partial charge on any atom is 0.193 e. The van der Waals surface area contributed by atoms with Gasteiger partial charge in [-0.2, -0.15) is 0 Å². The van der Waals surface area contributed by atoms with E-state index in [-0.39, 0.29) is 11.5 Å². The lowest BCUT2D eigenvalue weighted by atomic mass is 10.0. The van der Waals surface area contributed by atoms with Crippen LogP contribution in [-0.2, 0) is 0 Å². The number of phenolic OH excluding ortho intramolecular Hbond substituents is 1. The number of nitrogens with two attached hydrogens (primary N) is 1. The van der Waals surface area contributed by atoms with Crippen LogP contribution in [0, 0.1) is 6.92 Å². The van der Waals surface area contributed by atoms with E-state index in [1.807, 2.05) is 6.92 Å². The number of anilines is 1. The van der Waals surface area contributed by atoms with E-state index >= 15 is 0 Å². The van der Waals surface area contributed by atoms with Crippen molar-refractivity contribution in [3.8, 4) is 5.75 Å². The molecule has 0 saturated heterocycles. The second-order valence-corrected chi connectivity index (χ2v) is 3.95. The number of ketones is 1. The molecule has 2 rings (SSSR count). The molecule has 0 radical (unpaired) electrons. The zero-order chi connectivity index (χ0) is 12.4. The minimum atomic E-state index is -0.0758. The van der Waals surface area contributed by atoms with Crippen LogP contribution in [0.15, 0.2) is 42.5 Å². The van der Waals surface area contributed by atoms with Crippen molar-refractivity contribution in [3.05, 3.63) is 59.2 Å². The minimum Gasteiger partial charge on any atom is -0.508 e. The third kappa shape index (κ3) is 2.28. The van der Waals surface area contributed by atoms with Crippen LogP contribution in [0.3, 0.4) is 0 Å². The molecule has 0 fully saturated rings. The molecule has 0 atom stereocenters. The maximum absolute atomic E-state index is 12.1. The molecule has 0 saturated carbocycles. The van der Waals surface area contributed by atoms with Crippen molar-refractivity contribution in [2.24, 2.45) is 0 Å². The van der Waals surface area contributed by atoms with E-state index in [1.54, 1.807) is 30.3 Å². The summed E-state index contributed by atoms with van der Waals surface area (Å²) in [5, 5.41) is 9.16. The van der Waals surface area contributed by atoms with Gasteiger partial charge in [0.1, 0.15) is 5.75 Å². The Labute approximate surface area is 99.5 Å². The number of hydrogen-bond acceptors (Lipinski definition) is 3. The number of nitrogen functional groups attached to an aromatic ring is 1. The number of aromatic hydroxyl groups is 1. The van der Waals surface area contributed by atoms with E-state index in [0.29, 0.717) is 16.8 Å². The largest absolute Gasteiger partial charge is 0.508 e. The molecule has 3 heteroatoms. The number of carbonyl (C=O) groups is 1. The second kappa shape index (κ2) is 4.29. The number of rotatable bonds is 2. The van der Waals surface area contributed by atoms with Crippen molar-refractivity contribution in [2.75, 3.05) is 5.73 Å². The summed E-state index contributed by atoms with van der Waals surface area (Å²) in [5.74, 6) is 0.0723. The van der Waals surface area contributed by atoms with Gasteiger partial charge in [-0.05, 0) is 55.0 Å². The summed E-state index contributed by atoms with van der Waals surface area (Å²) < 4.78 is 0. The van der Waals surface area contributed by atoms with Gasteiger partial charge in [0.15, 0.2) is 5.78 Å². The van der Waals surface area contributed by atoms with Crippen LogP contribution in [0.2, 0.25) is 0 Å². The van der Waals surface area contributed by atoms with Gasteiger partial charge < -0.3 is 10.8 Å². The van der Waals surface area contributed by atoms with Gasteiger partial charge in [-0.3, -0.25) is 4.79 Å². The third-order valence-corrected chi connectivity index (χ3v) is 2.66. The van der Waals surface area contributed by atoms with Crippen molar-refractivity contribution in [1.29, 1.82) is 0 Å². The van der Waals surface area contributed by atoms with Gasteiger partial charge in [0, 0.05) is 16.8 Å². The molecule has 3 nitrogen and oxygen atoms in total. The molecule has 86 valence electrons. The second-order valence-electron chi connectivity index (χ2n) is 3.95. The number of carbonyl (C=O) groups excluding carboxylic acids is 1. The SMILES string of the molecule is Cc1cc(C(=O)c2ccc(O)cc2)ccc1N. The van der Waals surface area contributed by atoms with Gasteiger partial charge in [0.05, 0.1) is 0 Å². The molecule has 0 amide bonds. The van der Waals surface area contributed by atoms with E-state index in [4.69, 9.17) is 10.8 Å². The fraction of sp³-hybridized carbons (Fsp3) is 0.0714. The Balaban J connectivity index is 2.37. The summed E-state index contributed by atoms with van der Waals surface area (Å²) in [6.45, 7) is 1.86. The zero-order valence-electron chi connectivity index (χ0n) is 9.47. The normalized spacial score (nSPS) is 10.2. The lowest BCUT2D eigenvalue weighted by Gasteiger charge is -2.04. The van der Waals surface area contributed by atoms with Gasteiger partial charge in [-0.1, -0.05) is 0 Å². The monoisotopic (exact) mass is 227 g/mol. The Morgan fingerprint density at radius 2 is 1.65 bits per heavy atom. The first-order valence-electron chi connectivity index (χ1n) is 5.28. The highest BCUT2D eigenvalue weighted by molar-refractivity contribution is 6.09. The molecule has 2 aromatic carbocycles. The molecule has 0 aliphatic carbocycles. The molecule has 2 aromatic rings. The standard InChI is InChI=1S/C14H13NO2/c1-9-8-11(4-7-13(9)15)14(17)10-2-5-12(16)6-3-10/h2-8,16H,15H2,1H3. The summed E-state index contributed by atoms with van der Waals surface area (Å²) in [4.78, 5) is 12.1. The van der Waals surface area contributed by atoms with Gasteiger partial charge in [-0.15, -0.1) is 0 Å². The summed E-state index contributed by atoms with van der Waals surface area (Å²) >= 11 is 0. The smallest absolute Gasteiger partial charge is 0.193 e. The molecule has 0 unspecified atom stereocenters. The van der Waals surface area contributed by atoms with Crippen LogP contribution < -0.4 is 5.73 Å².